The number of allylic oxidation sites excluding steroid dienone is 4. The Hall–Kier alpha value is -1.60. The van der Waals surface area contributed by atoms with Gasteiger partial charge in [0, 0.05) is 36.2 Å². The summed E-state index contributed by atoms with van der Waals surface area (Å²) in [6.45, 7) is 6.16. The minimum Gasteiger partial charge on any atom is -0.480 e. The van der Waals surface area contributed by atoms with E-state index in [1.807, 2.05) is 13.0 Å². The van der Waals surface area contributed by atoms with Crippen molar-refractivity contribution in [2.75, 3.05) is 13.2 Å². The van der Waals surface area contributed by atoms with Gasteiger partial charge in [0.05, 0.1) is 0 Å². The van der Waals surface area contributed by atoms with Gasteiger partial charge in [0.25, 0.3) is 0 Å². The van der Waals surface area contributed by atoms with E-state index in [-0.39, 0.29) is 12.8 Å². The van der Waals surface area contributed by atoms with Crippen LogP contribution in [0.25, 0.3) is 0 Å². The molecule has 0 aromatic carbocycles. The molecule has 1 saturated heterocycles. The lowest BCUT2D eigenvalue weighted by Gasteiger charge is -2.33. The van der Waals surface area contributed by atoms with Gasteiger partial charge in [0.15, 0.2) is 0 Å². The number of halogens is 1. The molecule has 2 amide bonds. The van der Waals surface area contributed by atoms with Gasteiger partial charge in [-0.05, 0) is 19.1 Å². The lowest BCUT2D eigenvalue weighted by molar-refractivity contribution is -0.148. The average Bonchev–Trinajstić information content (AvgIpc) is 2.45. The van der Waals surface area contributed by atoms with Gasteiger partial charge in [0.2, 0.25) is 0 Å². The Balaban J connectivity index is 2.61. The van der Waals surface area contributed by atoms with Gasteiger partial charge in [-0.15, -0.1) is 0 Å². The zero-order valence-electron chi connectivity index (χ0n) is 11.8. The Morgan fingerprint density at radius 2 is 1.95 bits per heavy atom. The lowest BCUT2D eigenvalue weighted by atomic mass is 9.90. The fourth-order valence-electron chi connectivity index (χ4n) is 1.82. The van der Waals surface area contributed by atoms with Crippen molar-refractivity contribution in [1.29, 1.82) is 0 Å². The number of hydrogen-bond acceptors (Lipinski definition) is 3. The van der Waals surface area contributed by atoms with E-state index in [0.29, 0.717) is 18.9 Å². The monoisotopic (exact) mass is 358 g/mol. The zero-order valence-corrected chi connectivity index (χ0v) is 13.4. The van der Waals surface area contributed by atoms with Crippen LogP contribution in [0.2, 0.25) is 0 Å². The van der Waals surface area contributed by atoms with Crippen molar-refractivity contribution in [3.05, 3.63) is 35.0 Å². The number of hydrogen-bond donors (Lipinski definition) is 3. The number of ether oxygens (including phenoxy) is 1. The first-order valence-corrected chi connectivity index (χ1v) is 7.28. The van der Waals surface area contributed by atoms with Crippen LogP contribution in [0.5, 0.6) is 0 Å². The van der Waals surface area contributed by atoms with Crippen LogP contribution in [0.3, 0.4) is 0 Å². The summed E-state index contributed by atoms with van der Waals surface area (Å²) in [5, 5.41) is 14.3. The van der Waals surface area contributed by atoms with Crippen LogP contribution in [-0.4, -0.2) is 35.9 Å². The van der Waals surface area contributed by atoms with Gasteiger partial charge < -0.3 is 20.5 Å². The molecular formula is C14H19BrN2O4. The van der Waals surface area contributed by atoms with Crippen LogP contribution >= 0.6 is 15.9 Å². The van der Waals surface area contributed by atoms with Crippen molar-refractivity contribution < 1.29 is 19.4 Å². The lowest BCUT2D eigenvalue weighted by Crippen LogP contribution is -2.59. The smallest absolute Gasteiger partial charge is 0.329 e. The Bertz CT molecular complexity index is 479. The Kier molecular flexibility index (Phi) is 6.64. The minimum atomic E-state index is -1.28. The van der Waals surface area contributed by atoms with Crippen LogP contribution in [-0.2, 0) is 9.53 Å². The fraction of sp³-hybridized carbons (Fsp3) is 0.429. The highest BCUT2D eigenvalue weighted by molar-refractivity contribution is 9.11. The molecule has 6 nitrogen and oxygen atoms in total. The number of carboxylic acid groups (broad SMARTS) is 1. The largest absolute Gasteiger partial charge is 0.480 e. The molecule has 1 heterocycles. The molecule has 1 aliphatic heterocycles. The summed E-state index contributed by atoms with van der Waals surface area (Å²) in [6.07, 6.45) is 5.65. The summed E-state index contributed by atoms with van der Waals surface area (Å²) in [5.41, 5.74) is -0.921. The molecule has 0 aromatic heterocycles. The summed E-state index contributed by atoms with van der Waals surface area (Å²) in [7, 11) is 0. The highest BCUT2D eigenvalue weighted by Gasteiger charge is 2.41. The third-order valence-corrected chi connectivity index (χ3v) is 3.82. The number of rotatable bonds is 5. The molecule has 116 valence electrons. The molecule has 0 spiro atoms. The summed E-state index contributed by atoms with van der Waals surface area (Å²) in [4.78, 5) is 23.3. The maximum absolute atomic E-state index is 11.9. The molecule has 0 unspecified atom stereocenters. The van der Waals surface area contributed by atoms with Gasteiger partial charge in [-0.25, -0.2) is 9.59 Å². The summed E-state index contributed by atoms with van der Waals surface area (Å²) in [5.74, 6) is -1.06. The normalized spacial score (nSPS) is 18.3. The first-order valence-electron chi connectivity index (χ1n) is 6.49. The van der Waals surface area contributed by atoms with E-state index in [1.54, 1.807) is 12.2 Å². The third kappa shape index (κ3) is 5.35. The predicted molar refractivity (Wildman–Crippen MR) is 83.1 cm³/mol. The van der Waals surface area contributed by atoms with Gasteiger partial charge in [-0.1, -0.05) is 28.6 Å². The van der Waals surface area contributed by atoms with E-state index < -0.39 is 17.5 Å². The zero-order chi connectivity index (χ0) is 15.9. The standard InChI is InChI=1S/C14H19BrN2O4/c1-3-11(15)5-4-10(2)16-13(20)17-14(12(18)19)6-8-21-9-7-14/h3-5H,2,6-9H2,1H3,(H,18,19)(H2,16,17,20)/b5-4-,11-3+. The first kappa shape index (κ1) is 17.5. The molecule has 0 saturated carbocycles. The molecular weight excluding hydrogens is 340 g/mol. The molecule has 21 heavy (non-hydrogen) atoms. The van der Waals surface area contributed by atoms with Crippen molar-refractivity contribution in [2.24, 2.45) is 0 Å². The summed E-state index contributed by atoms with van der Waals surface area (Å²) >= 11 is 3.29. The van der Waals surface area contributed by atoms with E-state index in [9.17, 15) is 14.7 Å². The molecule has 0 aliphatic carbocycles. The van der Waals surface area contributed by atoms with Gasteiger partial charge in [0.1, 0.15) is 5.54 Å². The van der Waals surface area contributed by atoms with Gasteiger partial charge >= 0.3 is 12.0 Å². The number of carboxylic acids is 1. The Morgan fingerprint density at radius 1 is 1.33 bits per heavy atom. The highest BCUT2D eigenvalue weighted by Crippen LogP contribution is 2.21. The molecule has 0 atom stereocenters. The van der Waals surface area contributed by atoms with Crippen molar-refractivity contribution >= 4 is 27.9 Å². The second-order valence-electron chi connectivity index (χ2n) is 4.61. The van der Waals surface area contributed by atoms with Gasteiger partial charge in [-0.2, -0.15) is 0 Å². The fourth-order valence-corrected chi connectivity index (χ4v) is 1.96. The van der Waals surface area contributed by atoms with Crippen molar-refractivity contribution in [3.8, 4) is 0 Å². The maximum Gasteiger partial charge on any atom is 0.329 e. The number of amides is 2. The van der Waals surface area contributed by atoms with Crippen molar-refractivity contribution in [2.45, 2.75) is 25.3 Å². The van der Waals surface area contributed by atoms with Crippen molar-refractivity contribution in [1.82, 2.24) is 10.6 Å². The second kappa shape index (κ2) is 7.99. The molecule has 0 bridgehead atoms. The molecule has 1 fully saturated rings. The SMILES string of the molecule is C=C(/C=C\C(Br)=C/C)NC(=O)NC1(C(=O)O)CCOCC1. The van der Waals surface area contributed by atoms with Crippen LogP contribution in [0.1, 0.15) is 19.8 Å². The Labute approximate surface area is 132 Å². The quantitative estimate of drug-likeness (QED) is 0.658. The molecule has 0 radical (unpaired) electrons. The summed E-state index contributed by atoms with van der Waals surface area (Å²) < 4.78 is 5.98. The highest BCUT2D eigenvalue weighted by atomic mass is 79.9. The summed E-state index contributed by atoms with van der Waals surface area (Å²) in [6, 6.07) is -0.592. The molecule has 7 heteroatoms. The van der Waals surface area contributed by atoms with Gasteiger partial charge in [-0.3, -0.25) is 0 Å². The van der Waals surface area contributed by atoms with Crippen molar-refractivity contribution in [3.63, 3.8) is 0 Å². The Morgan fingerprint density at radius 3 is 2.48 bits per heavy atom. The number of aliphatic carboxylic acids is 1. The van der Waals surface area contributed by atoms with E-state index >= 15 is 0 Å². The molecule has 3 N–H and O–H groups in total. The van der Waals surface area contributed by atoms with E-state index in [4.69, 9.17) is 4.74 Å². The number of carbonyl (C=O) groups excluding carboxylic acids is 1. The number of carbonyl (C=O) groups is 2. The molecule has 0 aromatic rings. The van der Waals surface area contributed by atoms with E-state index in [1.165, 1.54) is 0 Å². The minimum absolute atomic E-state index is 0.238. The number of nitrogens with one attached hydrogen (secondary N) is 2. The number of urea groups is 1. The molecule has 1 aliphatic rings. The topological polar surface area (TPSA) is 87.7 Å². The van der Waals surface area contributed by atoms with Crippen LogP contribution in [0.4, 0.5) is 4.79 Å². The van der Waals surface area contributed by atoms with Crippen LogP contribution < -0.4 is 10.6 Å². The van der Waals surface area contributed by atoms with E-state index in [0.717, 1.165) is 4.48 Å². The van der Waals surface area contributed by atoms with Crippen LogP contribution in [0, 0.1) is 0 Å². The average molecular weight is 359 g/mol. The molecule has 1 rings (SSSR count). The maximum atomic E-state index is 11.9. The predicted octanol–water partition coefficient (Wildman–Crippen LogP) is 2.29. The second-order valence-corrected chi connectivity index (χ2v) is 5.53. The third-order valence-electron chi connectivity index (χ3n) is 3.10. The first-order chi connectivity index (χ1) is 9.89. The van der Waals surface area contributed by atoms with E-state index in [2.05, 4.69) is 33.1 Å². The van der Waals surface area contributed by atoms with Crippen LogP contribution in [0.15, 0.2) is 35.0 Å².